The number of para-hydroxylation sites is 1. The number of carbonyl (C=O) groups is 2. The van der Waals surface area contributed by atoms with Crippen LogP contribution in [0.1, 0.15) is 11.1 Å². The fourth-order valence-electron chi connectivity index (χ4n) is 3.05. The number of anilines is 1. The topological polar surface area (TPSA) is 49.4 Å². The summed E-state index contributed by atoms with van der Waals surface area (Å²) in [7, 11) is 0. The number of rotatable bonds is 4. The summed E-state index contributed by atoms with van der Waals surface area (Å²) in [5.41, 5.74) is 1.75. The van der Waals surface area contributed by atoms with Crippen LogP contribution in [0.25, 0.3) is 6.08 Å². The minimum atomic E-state index is -0.669. The van der Waals surface area contributed by atoms with Crippen molar-refractivity contribution >= 4 is 52.7 Å². The van der Waals surface area contributed by atoms with Crippen LogP contribution in [0.2, 0.25) is 0 Å². The van der Waals surface area contributed by atoms with E-state index in [1.807, 2.05) is 31.2 Å². The summed E-state index contributed by atoms with van der Waals surface area (Å²) < 4.78 is 14.2. The predicted molar refractivity (Wildman–Crippen MR) is 124 cm³/mol. The van der Waals surface area contributed by atoms with Gasteiger partial charge in [-0.15, -0.1) is 0 Å². The average molecular weight is 449 g/mol. The van der Waals surface area contributed by atoms with Gasteiger partial charge in [-0.05, 0) is 67.2 Å². The van der Waals surface area contributed by atoms with E-state index >= 15 is 0 Å². The fraction of sp³-hybridized carbons (Fsp3) is 0.0417. The molecule has 0 atom stereocenters. The number of amides is 2. The predicted octanol–water partition coefficient (Wildman–Crippen LogP) is 5.12. The number of nitrogens with one attached hydrogen (secondary N) is 1. The van der Waals surface area contributed by atoms with E-state index in [4.69, 9.17) is 12.2 Å². The van der Waals surface area contributed by atoms with E-state index in [1.165, 1.54) is 29.8 Å². The summed E-state index contributed by atoms with van der Waals surface area (Å²) in [6, 6.07) is 21.5. The van der Waals surface area contributed by atoms with Gasteiger partial charge in [-0.25, -0.2) is 9.29 Å². The number of halogens is 1. The lowest BCUT2D eigenvalue weighted by molar-refractivity contribution is -0.122. The molecule has 0 radical (unpaired) electrons. The first kappa shape index (κ1) is 21.0. The molecule has 3 aromatic rings. The van der Waals surface area contributed by atoms with Crippen LogP contribution >= 0.6 is 24.0 Å². The minimum Gasteiger partial charge on any atom is -0.298 e. The van der Waals surface area contributed by atoms with Crippen molar-refractivity contribution in [3.05, 3.63) is 95.3 Å². The van der Waals surface area contributed by atoms with E-state index < -0.39 is 17.6 Å². The fourth-order valence-corrected chi connectivity index (χ4v) is 4.14. The summed E-state index contributed by atoms with van der Waals surface area (Å²) in [6.07, 6.45) is 1.48. The second-order valence-electron chi connectivity index (χ2n) is 6.89. The molecule has 7 heteroatoms. The van der Waals surface area contributed by atoms with E-state index in [0.717, 1.165) is 14.7 Å². The Morgan fingerprint density at radius 2 is 1.55 bits per heavy atom. The molecular formula is C24H17FN2O2S2. The highest BCUT2D eigenvalue weighted by Crippen LogP contribution is 2.29. The quantitative estimate of drug-likeness (QED) is 0.342. The van der Waals surface area contributed by atoms with E-state index in [0.29, 0.717) is 5.56 Å². The minimum absolute atomic E-state index is 0.00625. The summed E-state index contributed by atoms with van der Waals surface area (Å²) >= 11 is 6.72. The molecular weight excluding hydrogens is 431 g/mol. The van der Waals surface area contributed by atoms with Crippen molar-refractivity contribution in [3.63, 3.8) is 0 Å². The first-order valence-corrected chi connectivity index (χ1v) is 10.7. The number of thiocarbonyl (C=S) groups is 1. The lowest BCUT2D eigenvalue weighted by Gasteiger charge is -2.29. The number of aryl methyl sites for hydroxylation is 1. The molecule has 1 heterocycles. The summed E-state index contributed by atoms with van der Waals surface area (Å²) in [5.74, 6) is -1.89. The third-order valence-corrected chi connectivity index (χ3v) is 5.94. The van der Waals surface area contributed by atoms with Crippen LogP contribution in [-0.4, -0.2) is 16.9 Å². The molecule has 4 rings (SSSR count). The first-order chi connectivity index (χ1) is 14.9. The molecule has 1 N–H and O–H groups in total. The third kappa shape index (κ3) is 4.57. The van der Waals surface area contributed by atoms with Gasteiger partial charge in [0.1, 0.15) is 11.4 Å². The zero-order chi connectivity index (χ0) is 22.0. The van der Waals surface area contributed by atoms with Crippen molar-refractivity contribution in [2.75, 3.05) is 4.90 Å². The van der Waals surface area contributed by atoms with Gasteiger partial charge in [0.05, 0.1) is 5.69 Å². The Balaban J connectivity index is 1.58. The van der Waals surface area contributed by atoms with Gasteiger partial charge in [-0.1, -0.05) is 53.7 Å². The number of benzene rings is 3. The van der Waals surface area contributed by atoms with Gasteiger partial charge in [0, 0.05) is 9.79 Å². The number of hydrogen-bond donors (Lipinski definition) is 1. The van der Waals surface area contributed by atoms with Gasteiger partial charge < -0.3 is 0 Å². The molecule has 0 aromatic heterocycles. The molecule has 0 spiro atoms. The molecule has 31 heavy (non-hydrogen) atoms. The van der Waals surface area contributed by atoms with Crippen LogP contribution < -0.4 is 10.2 Å². The van der Waals surface area contributed by atoms with E-state index in [1.54, 1.807) is 17.8 Å². The first-order valence-electron chi connectivity index (χ1n) is 9.43. The second kappa shape index (κ2) is 8.83. The van der Waals surface area contributed by atoms with Crippen LogP contribution in [0.15, 0.2) is 88.2 Å². The van der Waals surface area contributed by atoms with Gasteiger partial charge in [0.25, 0.3) is 11.8 Å². The smallest absolute Gasteiger partial charge is 0.270 e. The largest absolute Gasteiger partial charge is 0.298 e. The highest BCUT2D eigenvalue weighted by atomic mass is 32.2. The van der Waals surface area contributed by atoms with Crippen molar-refractivity contribution in [2.24, 2.45) is 0 Å². The molecule has 0 bridgehead atoms. The Labute approximate surface area is 188 Å². The molecule has 0 saturated carbocycles. The maximum atomic E-state index is 14.2. The normalized spacial score (nSPS) is 15.4. The van der Waals surface area contributed by atoms with Crippen molar-refractivity contribution in [3.8, 4) is 0 Å². The number of hydrogen-bond acceptors (Lipinski definition) is 4. The zero-order valence-electron chi connectivity index (χ0n) is 16.5. The van der Waals surface area contributed by atoms with Crippen LogP contribution in [-0.2, 0) is 9.59 Å². The van der Waals surface area contributed by atoms with Crippen LogP contribution in [0.5, 0.6) is 0 Å². The SMILES string of the molecule is Cc1ccc(Sc2ccc(/C=C3\C(=O)NC(=S)N(c4ccccc4F)C3=O)cc2)cc1. The highest BCUT2D eigenvalue weighted by Gasteiger charge is 2.35. The lowest BCUT2D eigenvalue weighted by atomic mass is 10.1. The number of carbonyl (C=O) groups excluding carboxylic acids is 2. The van der Waals surface area contributed by atoms with Gasteiger partial charge in [0.15, 0.2) is 5.11 Å². The molecule has 0 aliphatic carbocycles. The van der Waals surface area contributed by atoms with Crippen molar-refractivity contribution in [2.45, 2.75) is 16.7 Å². The molecule has 0 unspecified atom stereocenters. The van der Waals surface area contributed by atoms with Gasteiger partial charge in [-0.2, -0.15) is 0 Å². The van der Waals surface area contributed by atoms with Crippen LogP contribution in [0, 0.1) is 12.7 Å². The molecule has 1 aliphatic heterocycles. The standard InChI is InChI=1S/C24H17FN2O2S2/c1-15-6-10-17(11-7-15)31-18-12-8-16(9-13-18)14-19-22(28)26-24(30)27(23(19)29)21-5-3-2-4-20(21)25/h2-14H,1H3,(H,26,28,30)/b19-14+. The Kier molecular flexibility index (Phi) is 5.97. The van der Waals surface area contributed by atoms with Gasteiger partial charge in [0.2, 0.25) is 0 Å². The molecule has 4 nitrogen and oxygen atoms in total. The van der Waals surface area contributed by atoms with Crippen molar-refractivity contribution < 1.29 is 14.0 Å². The Hall–Kier alpha value is -3.29. The maximum absolute atomic E-state index is 14.2. The van der Waals surface area contributed by atoms with Crippen molar-refractivity contribution in [1.82, 2.24) is 5.32 Å². The Bertz CT molecular complexity index is 1210. The van der Waals surface area contributed by atoms with Gasteiger partial charge >= 0.3 is 0 Å². The molecule has 1 aliphatic rings. The van der Waals surface area contributed by atoms with Crippen molar-refractivity contribution in [1.29, 1.82) is 0 Å². The molecule has 1 saturated heterocycles. The third-order valence-electron chi connectivity index (χ3n) is 4.64. The van der Waals surface area contributed by atoms with Crippen LogP contribution in [0.3, 0.4) is 0 Å². The summed E-state index contributed by atoms with van der Waals surface area (Å²) in [6.45, 7) is 2.04. The highest BCUT2D eigenvalue weighted by molar-refractivity contribution is 7.99. The van der Waals surface area contributed by atoms with E-state index in [-0.39, 0.29) is 16.4 Å². The average Bonchev–Trinajstić information content (AvgIpc) is 2.75. The molecule has 154 valence electrons. The monoisotopic (exact) mass is 448 g/mol. The van der Waals surface area contributed by atoms with E-state index in [9.17, 15) is 14.0 Å². The zero-order valence-corrected chi connectivity index (χ0v) is 18.1. The Morgan fingerprint density at radius 1 is 0.935 bits per heavy atom. The summed E-state index contributed by atoms with van der Waals surface area (Å²) in [5, 5.41) is 2.31. The summed E-state index contributed by atoms with van der Waals surface area (Å²) in [4.78, 5) is 28.5. The number of nitrogens with zero attached hydrogens (tertiary/aromatic N) is 1. The lowest BCUT2D eigenvalue weighted by Crippen LogP contribution is -2.54. The van der Waals surface area contributed by atoms with Crippen LogP contribution in [0.4, 0.5) is 10.1 Å². The second-order valence-corrected chi connectivity index (χ2v) is 8.43. The molecule has 2 amide bonds. The van der Waals surface area contributed by atoms with Gasteiger partial charge in [-0.3, -0.25) is 14.9 Å². The molecule has 1 fully saturated rings. The molecule has 3 aromatic carbocycles. The maximum Gasteiger partial charge on any atom is 0.270 e. The Morgan fingerprint density at radius 3 is 2.19 bits per heavy atom. The van der Waals surface area contributed by atoms with E-state index in [2.05, 4.69) is 29.6 Å².